The first kappa shape index (κ1) is 20.5. The van der Waals surface area contributed by atoms with Crippen molar-refractivity contribution in [3.05, 3.63) is 82.9 Å². The standard InChI is InChI=1S/C26H24N2O3/c1-5-28-24-11-9-19(17(3)27-31-18(4)29)14-22(24)23-15-21(10-12-25(23)28)26(30)20-8-6-7-16(2)13-20/h6-15H,5H2,1-4H3. The number of hydrogen-bond acceptors (Lipinski definition) is 4. The molecule has 0 atom stereocenters. The quantitative estimate of drug-likeness (QED) is 0.184. The summed E-state index contributed by atoms with van der Waals surface area (Å²) in [6, 6.07) is 19.6. The van der Waals surface area contributed by atoms with Crippen molar-refractivity contribution in [2.75, 3.05) is 0 Å². The van der Waals surface area contributed by atoms with Crippen molar-refractivity contribution in [2.45, 2.75) is 34.2 Å². The van der Waals surface area contributed by atoms with Crippen molar-refractivity contribution >= 4 is 39.3 Å². The van der Waals surface area contributed by atoms with Crippen LogP contribution in [0, 0.1) is 6.92 Å². The van der Waals surface area contributed by atoms with E-state index in [0.717, 1.165) is 39.5 Å². The lowest BCUT2D eigenvalue weighted by atomic mass is 9.99. The molecular formula is C26H24N2O3. The van der Waals surface area contributed by atoms with Crippen molar-refractivity contribution in [1.29, 1.82) is 0 Å². The van der Waals surface area contributed by atoms with Gasteiger partial charge in [-0.2, -0.15) is 0 Å². The van der Waals surface area contributed by atoms with E-state index in [2.05, 4.69) is 16.6 Å². The molecule has 0 N–H and O–H groups in total. The molecule has 0 aliphatic carbocycles. The highest BCUT2D eigenvalue weighted by Crippen LogP contribution is 2.31. The van der Waals surface area contributed by atoms with Gasteiger partial charge in [-0.05, 0) is 62.7 Å². The molecule has 4 rings (SSSR count). The van der Waals surface area contributed by atoms with Crippen LogP contribution in [-0.2, 0) is 16.2 Å². The molecule has 1 heterocycles. The molecule has 0 saturated carbocycles. The van der Waals surface area contributed by atoms with Gasteiger partial charge in [-0.15, -0.1) is 0 Å². The molecule has 0 aliphatic rings. The van der Waals surface area contributed by atoms with E-state index in [4.69, 9.17) is 4.84 Å². The van der Waals surface area contributed by atoms with Gasteiger partial charge in [0.1, 0.15) is 0 Å². The number of fused-ring (bicyclic) bond motifs is 3. The molecule has 0 bridgehead atoms. The van der Waals surface area contributed by atoms with Gasteiger partial charge >= 0.3 is 5.97 Å². The molecule has 0 aliphatic heterocycles. The highest BCUT2D eigenvalue weighted by atomic mass is 16.7. The Morgan fingerprint density at radius 3 is 2.10 bits per heavy atom. The van der Waals surface area contributed by atoms with Crippen LogP contribution in [0.1, 0.15) is 47.8 Å². The summed E-state index contributed by atoms with van der Waals surface area (Å²) in [6.45, 7) is 8.02. The Morgan fingerprint density at radius 2 is 1.48 bits per heavy atom. The van der Waals surface area contributed by atoms with E-state index in [1.807, 2.05) is 67.6 Å². The predicted octanol–water partition coefficient (Wildman–Crippen LogP) is 5.64. The first-order valence-electron chi connectivity index (χ1n) is 10.3. The van der Waals surface area contributed by atoms with E-state index in [9.17, 15) is 9.59 Å². The lowest BCUT2D eigenvalue weighted by Crippen LogP contribution is -2.01. The molecule has 0 saturated heterocycles. The maximum absolute atomic E-state index is 13.1. The molecule has 0 spiro atoms. The van der Waals surface area contributed by atoms with E-state index < -0.39 is 5.97 Å². The fourth-order valence-electron chi connectivity index (χ4n) is 3.95. The van der Waals surface area contributed by atoms with Crippen LogP contribution < -0.4 is 0 Å². The molecule has 5 heteroatoms. The third-order valence-electron chi connectivity index (χ3n) is 5.45. The highest BCUT2D eigenvalue weighted by molar-refractivity contribution is 6.16. The largest absolute Gasteiger partial charge is 0.341 e. The number of rotatable bonds is 5. The van der Waals surface area contributed by atoms with Gasteiger partial charge in [-0.1, -0.05) is 35.0 Å². The minimum Gasteiger partial charge on any atom is -0.341 e. The Labute approximate surface area is 180 Å². The van der Waals surface area contributed by atoms with Crippen LogP contribution in [0.2, 0.25) is 0 Å². The molecule has 31 heavy (non-hydrogen) atoms. The number of aromatic nitrogens is 1. The van der Waals surface area contributed by atoms with Crippen LogP contribution in [0.3, 0.4) is 0 Å². The van der Waals surface area contributed by atoms with Gasteiger partial charge < -0.3 is 9.40 Å². The van der Waals surface area contributed by atoms with Crippen molar-refractivity contribution in [3.8, 4) is 0 Å². The Bertz CT molecular complexity index is 1360. The second-order valence-corrected chi connectivity index (χ2v) is 7.67. The Kier molecular flexibility index (Phi) is 5.42. The summed E-state index contributed by atoms with van der Waals surface area (Å²) in [5, 5.41) is 5.95. The van der Waals surface area contributed by atoms with Crippen molar-refractivity contribution < 1.29 is 14.4 Å². The van der Waals surface area contributed by atoms with E-state index in [0.29, 0.717) is 16.8 Å². The fraction of sp³-hybridized carbons (Fsp3) is 0.192. The summed E-state index contributed by atoms with van der Waals surface area (Å²) in [5.74, 6) is -0.450. The Balaban J connectivity index is 1.87. The lowest BCUT2D eigenvalue weighted by molar-refractivity contribution is -0.140. The summed E-state index contributed by atoms with van der Waals surface area (Å²) >= 11 is 0. The van der Waals surface area contributed by atoms with Gasteiger partial charge in [-0.25, -0.2) is 4.79 Å². The molecule has 0 unspecified atom stereocenters. The highest BCUT2D eigenvalue weighted by Gasteiger charge is 2.15. The van der Waals surface area contributed by atoms with Crippen LogP contribution in [-0.4, -0.2) is 22.0 Å². The normalized spacial score (nSPS) is 11.8. The average molecular weight is 412 g/mol. The average Bonchev–Trinajstić information content (AvgIpc) is 3.09. The molecular weight excluding hydrogens is 388 g/mol. The number of ketones is 1. The van der Waals surface area contributed by atoms with Crippen molar-refractivity contribution in [1.82, 2.24) is 4.57 Å². The number of carbonyl (C=O) groups excluding carboxylic acids is 2. The summed E-state index contributed by atoms with van der Waals surface area (Å²) in [5.41, 5.74) is 6.03. The molecule has 5 nitrogen and oxygen atoms in total. The Morgan fingerprint density at radius 1 is 0.871 bits per heavy atom. The summed E-state index contributed by atoms with van der Waals surface area (Å²) in [4.78, 5) is 29.0. The van der Waals surface area contributed by atoms with Gasteiger partial charge in [0.05, 0.1) is 5.71 Å². The van der Waals surface area contributed by atoms with Gasteiger partial charge in [0, 0.05) is 46.4 Å². The van der Waals surface area contributed by atoms with Crippen LogP contribution in [0.25, 0.3) is 21.8 Å². The number of benzene rings is 3. The zero-order chi connectivity index (χ0) is 22.1. The smallest absolute Gasteiger partial charge is 0.331 e. The second-order valence-electron chi connectivity index (χ2n) is 7.67. The predicted molar refractivity (Wildman–Crippen MR) is 124 cm³/mol. The van der Waals surface area contributed by atoms with Crippen molar-refractivity contribution in [3.63, 3.8) is 0 Å². The number of aryl methyl sites for hydroxylation is 2. The number of hydrogen-bond donors (Lipinski definition) is 0. The second kappa shape index (κ2) is 8.19. The number of oxime groups is 1. The fourth-order valence-corrected chi connectivity index (χ4v) is 3.95. The first-order chi connectivity index (χ1) is 14.9. The van der Waals surface area contributed by atoms with Crippen LogP contribution in [0.15, 0.2) is 65.8 Å². The van der Waals surface area contributed by atoms with Gasteiger partial charge in [0.25, 0.3) is 0 Å². The SMILES string of the molecule is CCn1c2ccc(C(=O)c3cccc(C)c3)cc2c2cc(C(C)=NOC(C)=O)ccc21. The van der Waals surface area contributed by atoms with Crippen LogP contribution in [0.4, 0.5) is 0 Å². The van der Waals surface area contributed by atoms with Crippen molar-refractivity contribution in [2.24, 2.45) is 5.16 Å². The zero-order valence-corrected chi connectivity index (χ0v) is 18.1. The maximum atomic E-state index is 13.1. The van der Waals surface area contributed by atoms with Gasteiger partial charge in [0.15, 0.2) is 5.78 Å². The maximum Gasteiger partial charge on any atom is 0.331 e. The zero-order valence-electron chi connectivity index (χ0n) is 18.1. The monoisotopic (exact) mass is 412 g/mol. The molecule has 4 aromatic rings. The molecule has 0 radical (unpaired) electrons. The summed E-state index contributed by atoms with van der Waals surface area (Å²) < 4.78 is 2.23. The first-order valence-corrected chi connectivity index (χ1v) is 10.3. The Hall–Kier alpha value is -3.73. The third kappa shape index (κ3) is 3.87. The molecule has 3 aromatic carbocycles. The van der Waals surface area contributed by atoms with E-state index in [1.54, 1.807) is 6.92 Å². The summed E-state index contributed by atoms with van der Waals surface area (Å²) in [6.07, 6.45) is 0. The van der Waals surface area contributed by atoms with Crippen LogP contribution in [0.5, 0.6) is 0 Å². The van der Waals surface area contributed by atoms with E-state index in [-0.39, 0.29) is 5.78 Å². The van der Waals surface area contributed by atoms with E-state index in [1.165, 1.54) is 6.92 Å². The van der Waals surface area contributed by atoms with Gasteiger partial charge in [0.2, 0.25) is 0 Å². The number of carbonyl (C=O) groups is 2. The molecule has 1 aromatic heterocycles. The lowest BCUT2D eigenvalue weighted by Gasteiger charge is -2.05. The molecule has 0 fully saturated rings. The topological polar surface area (TPSA) is 60.7 Å². The van der Waals surface area contributed by atoms with Crippen LogP contribution >= 0.6 is 0 Å². The minimum absolute atomic E-state index is 0.00625. The summed E-state index contributed by atoms with van der Waals surface area (Å²) in [7, 11) is 0. The molecule has 0 amide bonds. The molecule has 156 valence electrons. The van der Waals surface area contributed by atoms with Gasteiger partial charge in [-0.3, -0.25) is 4.79 Å². The van der Waals surface area contributed by atoms with E-state index >= 15 is 0 Å². The third-order valence-corrected chi connectivity index (χ3v) is 5.45. The minimum atomic E-state index is -0.456. The number of nitrogens with zero attached hydrogens (tertiary/aromatic N) is 2.